The van der Waals surface area contributed by atoms with Gasteiger partial charge in [0.2, 0.25) is 0 Å². The number of aromatic carboxylic acids is 1. The first kappa shape index (κ1) is 18.4. The molecule has 0 bridgehead atoms. The lowest BCUT2D eigenvalue weighted by atomic mass is 9.89. The van der Waals surface area contributed by atoms with Crippen LogP contribution < -0.4 is 5.73 Å². The number of hydrogen-bond donors (Lipinski definition) is 2. The van der Waals surface area contributed by atoms with Gasteiger partial charge >= 0.3 is 5.97 Å². The van der Waals surface area contributed by atoms with E-state index >= 15 is 0 Å². The van der Waals surface area contributed by atoms with Gasteiger partial charge in [-0.05, 0) is 55.2 Å². The maximum atomic E-state index is 13.1. The summed E-state index contributed by atoms with van der Waals surface area (Å²) < 4.78 is 0.920. The number of hydrogen-bond acceptors (Lipinski definition) is 5. The summed E-state index contributed by atoms with van der Waals surface area (Å²) in [6.07, 6.45) is 1.83. The van der Waals surface area contributed by atoms with Crippen molar-refractivity contribution in [1.82, 2.24) is 9.88 Å². The third-order valence-electron chi connectivity index (χ3n) is 5.26. The zero-order chi connectivity index (χ0) is 19.8. The molecule has 3 aromatic rings. The molecule has 1 aliphatic rings. The normalized spacial score (nSPS) is 17.0. The van der Waals surface area contributed by atoms with E-state index in [9.17, 15) is 14.7 Å². The molecule has 0 aliphatic carbocycles. The number of carbonyl (C=O) groups is 2. The van der Waals surface area contributed by atoms with Crippen molar-refractivity contribution < 1.29 is 14.7 Å². The number of carbonyl (C=O) groups excluding carboxylic acids is 1. The van der Waals surface area contributed by atoms with Gasteiger partial charge < -0.3 is 15.7 Å². The fraction of sp³-hybridized carbons (Fsp3) is 0.286. The second-order valence-electron chi connectivity index (χ2n) is 7.21. The Morgan fingerprint density at radius 1 is 1.25 bits per heavy atom. The lowest BCUT2D eigenvalue weighted by Gasteiger charge is -2.33. The van der Waals surface area contributed by atoms with Gasteiger partial charge in [-0.25, -0.2) is 9.78 Å². The van der Waals surface area contributed by atoms with E-state index in [2.05, 4.69) is 4.98 Å². The molecule has 0 radical (unpaired) electrons. The Labute approximate surface area is 166 Å². The van der Waals surface area contributed by atoms with E-state index in [1.165, 1.54) is 11.3 Å². The van der Waals surface area contributed by atoms with Crippen LogP contribution in [0, 0.1) is 6.92 Å². The third-order valence-corrected chi connectivity index (χ3v) is 6.09. The van der Waals surface area contributed by atoms with Crippen LogP contribution in [0.25, 0.3) is 10.2 Å². The number of rotatable bonds is 3. The molecule has 3 N–H and O–H groups in total. The highest BCUT2D eigenvalue weighted by Gasteiger charge is 2.26. The molecule has 4 rings (SSSR count). The SMILES string of the molecule is Cc1cc(C(=O)N2CCCC(c3cccc(C(=O)O)c3)C2)cc2sc(N)nc12. The van der Waals surface area contributed by atoms with Crippen LogP contribution >= 0.6 is 11.3 Å². The summed E-state index contributed by atoms with van der Waals surface area (Å²) in [5.74, 6) is -0.796. The highest BCUT2D eigenvalue weighted by molar-refractivity contribution is 7.22. The van der Waals surface area contributed by atoms with Crippen LogP contribution in [0.15, 0.2) is 36.4 Å². The predicted molar refractivity (Wildman–Crippen MR) is 110 cm³/mol. The van der Waals surface area contributed by atoms with Gasteiger partial charge in [0.25, 0.3) is 5.91 Å². The second kappa shape index (κ2) is 7.24. The van der Waals surface area contributed by atoms with Crippen molar-refractivity contribution in [1.29, 1.82) is 0 Å². The summed E-state index contributed by atoms with van der Waals surface area (Å²) in [6.45, 7) is 3.23. The Balaban J connectivity index is 1.58. The van der Waals surface area contributed by atoms with Gasteiger partial charge in [-0.2, -0.15) is 0 Å². The zero-order valence-corrected chi connectivity index (χ0v) is 16.3. The third kappa shape index (κ3) is 3.45. The van der Waals surface area contributed by atoms with Crippen molar-refractivity contribution in [2.45, 2.75) is 25.7 Å². The van der Waals surface area contributed by atoms with E-state index in [4.69, 9.17) is 5.73 Å². The van der Waals surface area contributed by atoms with Crippen LogP contribution in [-0.2, 0) is 0 Å². The van der Waals surface area contributed by atoms with Crippen LogP contribution in [-0.4, -0.2) is 40.0 Å². The average Bonchev–Trinajstić information content (AvgIpc) is 3.08. The van der Waals surface area contributed by atoms with Crippen molar-refractivity contribution in [2.75, 3.05) is 18.8 Å². The molecule has 6 nitrogen and oxygen atoms in total. The van der Waals surface area contributed by atoms with Crippen molar-refractivity contribution >= 4 is 38.6 Å². The first-order valence-electron chi connectivity index (χ1n) is 9.21. The minimum atomic E-state index is -0.932. The van der Waals surface area contributed by atoms with Gasteiger partial charge in [-0.15, -0.1) is 0 Å². The summed E-state index contributed by atoms with van der Waals surface area (Å²) in [5, 5.41) is 9.73. The highest BCUT2D eigenvalue weighted by Crippen LogP contribution is 2.31. The Bertz CT molecular complexity index is 1080. The standard InChI is InChI=1S/C21H21N3O3S/c1-12-8-16(10-17-18(12)23-21(22)28-17)19(25)24-7-3-6-15(11-24)13-4-2-5-14(9-13)20(26)27/h2,4-5,8-10,15H,3,6-7,11H2,1H3,(H2,22,23)(H,26,27). The molecular formula is C21H21N3O3S. The van der Waals surface area contributed by atoms with E-state index in [-0.39, 0.29) is 17.4 Å². The van der Waals surface area contributed by atoms with Gasteiger partial charge in [0, 0.05) is 24.6 Å². The Morgan fingerprint density at radius 2 is 2.07 bits per heavy atom. The molecule has 1 unspecified atom stereocenters. The molecule has 1 aliphatic heterocycles. The van der Waals surface area contributed by atoms with Gasteiger partial charge in [-0.3, -0.25) is 4.79 Å². The molecule has 2 aromatic carbocycles. The topological polar surface area (TPSA) is 96.5 Å². The number of piperidine rings is 1. The summed E-state index contributed by atoms with van der Waals surface area (Å²) in [5.41, 5.74) is 9.50. The van der Waals surface area contributed by atoms with Gasteiger partial charge in [0.1, 0.15) is 0 Å². The van der Waals surface area contributed by atoms with E-state index in [1.54, 1.807) is 18.2 Å². The number of aromatic nitrogens is 1. The Morgan fingerprint density at radius 3 is 2.86 bits per heavy atom. The summed E-state index contributed by atoms with van der Waals surface area (Å²) >= 11 is 1.39. The first-order valence-corrected chi connectivity index (χ1v) is 10.0. The summed E-state index contributed by atoms with van der Waals surface area (Å²) in [4.78, 5) is 30.6. The molecule has 1 fully saturated rings. The number of fused-ring (bicyclic) bond motifs is 1. The number of nitrogens with two attached hydrogens (primary N) is 1. The number of aryl methyl sites for hydroxylation is 1. The molecule has 0 spiro atoms. The van der Waals surface area contributed by atoms with Crippen molar-refractivity contribution in [3.8, 4) is 0 Å². The molecular weight excluding hydrogens is 374 g/mol. The van der Waals surface area contributed by atoms with Crippen LogP contribution in [0.5, 0.6) is 0 Å². The van der Waals surface area contributed by atoms with E-state index in [0.29, 0.717) is 23.8 Å². The molecule has 1 amide bonds. The largest absolute Gasteiger partial charge is 0.478 e. The highest BCUT2D eigenvalue weighted by atomic mass is 32.1. The van der Waals surface area contributed by atoms with Crippen molar-refractivity contribution in [2.24, 2.45) is 0 Å². The zero-order valence-electron chi connectivity index (χ0n) is 15.5. The number of nitrogen functional groups attached to an aromatic ring is 1. The quantitative estimate of drug-likeness (QED) is 0.701. The van der Waals surface area contributed by atoms with Crippen molar-refractivity contribution in [3.05, 3.63) is 58.7 Å². The summed E-state index contributed by atoms with van der Waals surface area (Å²) in [6, 6.07) is 10.8. The van der Waals surface area contributed by atoms with Crippen LogP contribution in [0.2, 0.25) is 0 Å². The van der Waals surface area contributed by atoms with E-state index in [1.807, 2.05) is 30.0 Å². The predicted octanol–water partition coefficient (Wildman–Crippen LogP) is 3.90. The fourth-order valence-electron chi connectivity index (χ4n) is 3.88. The monoisotopic (exact) mass is 395 g/mol. The number of benzene rings is 2. The van der Waals surface area contributed by atoms with Gasteiger partial charge in [0.15, 0.2) is 5.13 Å². The molecule has 1 saturated heterocycles. The number of carboxylic acids is 1. The number of amides is 1. The lowest BCUT2D eigenvalue weighted by Crippen LogP contribution is -2.39. The first-order chi connectivity index (χ1) is 13.4. The minimum absolute atomic E-state index is 0.00365. The molecule has 2 heterocycles. The molecule has 7 heteroatoms. The smallest absolute Gasteiger partial charge is 0.335 e. The Hall–Kier alpha value is -2.93. The Kier molecular flexibility index (Phi) is 4.77. The van der Waals surface area contributed by atoms with E-state index < -0.39 is 5.97 Å². The molecule has 28 heavy (non-hydrogen) atoms. The fourth-order valence-corrected chi connectivity index (χ4v) is 4.73. The second-order valence-corrected chi connectivity index (χ2v) is 8.28. The maximum absolute atomic E-state index is 13.1. The summed E-state index contributed by atoms with van der Waals surface area (Å²) in [7, 11) is 0. The minimum Gasteiger partial charge on any atom is -0.478 e. The van der Waals surface area contributed by atoms with Crippen molar-refractivity contribution in [3.63, 3.8) is 0 Å². The van der Waals surface area contributed by atoms with Crippen LogP contribution in [0.3, 0.4) is 0 Å². The van der Waals surface area contributed by atoms with Gasteiger partial charge in [0.05, 0.1) is 15.8 Å². The maximum Gasteiger partial charge on any atom is 0.335 e. The number of carboxylic acid groups (broad SMARTS) is 1. The van der Waals surface area contributed by atoms with Crippen LogP contribution in [0.4, 0.5) is 5.13 Å². The molecule has 1 atom stereocenters. The van der Waals surface area contributed by atoms with Crippen LogP contribution in [0.1, 0.15) is 50.6 Å². The van der Waals surface area contributed by atoms with Gasteiger partial charge in [-0.1, -0.05) is 23.5 Å². The number of nitrogens with zero attached hydrogens (tertiary/aromatic N) is 2. The number of thiazole rings is 1. The average molecular weight is 395 g/mol. The number of anilines is 1. The van der Waals surface area contributed by atoms with E-state index in [0.717, 1.165) is 34.2 Å². The molecule has 1 aromatic heterocycles. The molecule has 0 saturated carbocycles. The number of likely N-dealkylation sites (tertiary alicyclic amines) is 1. The lowest BCUT2D eigenvalue weighted by molar-refractivity contribution is 0.0688. The molecule has 144 valence electrons.